The Bertz CT molecular complexity index is 782. The molecule has 138 valence electrons. The summed E-state index contributed by atoms with van der Waals surface area (Å²) >= 11 is 11.9. The van der Waals surface area contributed by atoms with E-state index in [4.69, 9.17) is 27.9 Å². The zero-order chi connectivity index (χ0) is 19.1. The summed E-state index contributed by atoms with van der Waals surface area (Å²) in [5.41, 5.74) is 1.87. The molecule has 6 nitrogen and oxygen atoms in total. The van der Waals surface area contributed by atoms with E-state index in [0.717, 1.165) is 5.69 Å². The van der Waals surface area contributed by atoms with Gasteiger partial charge in [-0.1, -0.05) is 23.2 Å². The van der Waals surface area contributed by atoms with E-state index in [1.165, 1.54) is 7.11 Å². The summed E-state index contributed by atoms with van der Waals surface area (Å²) in [5, 5.41) is 9.39. The van der Waals surface area contributed by atoms with E-state index in [1.54, 1.807) is 49.4 Å². The summed E-state index contributed by atoms with van der Waals surface area (Å²) in [6.45, 7) is 1.72. The van der Waals surface area contributed by atoms with Gasteiger partial charge >= 0.3 is 0 Å². The molecule has 3 N–H and O–H groups in total. The first-order chi connectivity index (χ1) is 12.4. The number of benzene rings is 2. The predicted molar refractivity (Wildman–Crippen MR) is 105 cm³/mol. The van der Waals surface area contributed by atoms with Gasteiger partial charge < -0.3 is 20.7 Å². The monoisotopic (exact) mass is 395 g/mol. The number of ether oxygens (including phenoxy) is 1. The molecule has 0 aromatic heterocycles. The topological polar surface area (TPSA) is 79.5 Å². The van der Waals surface area contributed by atoms with Crippen molar-refractivity contribution in [1.82, 2.24) is 0 Å². The van der Waals surface area contributed by atoms with Crippen molar-refractivity contribution in [3.8, 4) is 0 Å². The van der Waals surface area contributed by atoms with Crippen LogP contribution in [-0.4, -0.2) is 31.6 Å². The summed E-state index contributed by atoms with van der Waals surface area (Å²) in [6.07, 6.45) is 0. The summed E-state index contributed by atoms with van der Waals surface area (Å²) in [5.74, 6) is -0.479. The lowest BCUT2D eigenvalue weighted by Crippen LogP contribution is -2.31. The minimum atomic E-state index is -0.504. The number of carbonyl (C=O) groups is 2. The fourth-order valence-electron chi connectivity index (χ4n) is 2.13. The zero-order valence-electron chi connectivity index (χ0n) is 14.3. The molecule has 0 aliphatic rings. The van der Waals surface area contributed by atoms with E-state index >= 15 is 0 Å². The van der Waals surface area contributed by atoms with Gasteiger partial charge in [0.2, 0.25) is 11.8 Å². The molecule has 0 radical (unpaired) electrons. The van der Waals surface area contributed by atoms with Crippen LogP contribution < -0.4 is 16.0 Å². The van der Waals surface area contributed by atoms with Gasteiger partial charge in [0.1, 0.15) is 12.6 Å². The van der Waals surface area contributed by atoms with Crippen LogP contribution >= 0.6 is 23.2 Å². The lowest BCUT2D eigenvalue weighted by molar-refractivity contribution is -0.119. The normalized spacial score (nSPS) is 11.5. The Labute approximate surface area is 161 Å². The predicted octanol–water partition coefficient (Wildman–Crippen LogP) is 4.02. The molecule has 8 heteroatoms. The highest BCUT2D eigenvalue weighted by Crippen LogP contribution is 2.25. The van der Waals surface area contributed by atoms with Crippen LogP contribution in [0.3, 0.4) is 0 Å². The maximum atomic E-state index is 12.3. The highest BCUT2D eigenvalue weighted by molar-refractivity contribution is 6.36. The van der Waals surface area contributed by atoms with Crippen LogP contribution in [0.2, 0.25) is 10.0 Å². The highest BCUT2D eigenvalue weighted by Gasteiger charge is 2.14. The van der Waals surface area contributed by atoms with Crippen LogP contribution in [0.25, 0.3) is 0 Å². The second kappa shape index (κ2) is 9.43. The van der Waals surface area contributed by atoms with Crippen LogP contribution in [0.5, 0.6) is 0 Å². The number of carbonyl (C=O) groups excluding carboxylic acids is 2. The molecule has 2 amide bonds. The first-order valence-corrected chi connectivity index (χ1v) is 8.56. The Kier molecular flexibility index (Phi) is 7.26. The highest BCUT2D eigenvalue weighted by atomic mass is 35.5. The molecular formula is C18H19Cl2N3O3. The number of methoxy groups -OCH3 is 1. The zero-order valence-corrected chi connectivity index (χ0v) is 15.8. The Hall–Kier alpha value is -2.28. The van der Waals surface area contributed by atoms with Gasteiger partial charge in [-0.25, -0.2) is 0 Å². The number of hydrogen-bond donors (Lipinski definition) is 3. The number of hydrogen-bond acceptors (Lipinski definition) is 4. The molecule has 0 heterocycles. The maximum Gasteiger partial charge on any atom is 0.250 e. The van der Waals surface area contributed by atoms with Crippen molar-refractivity contribution in [2.24, 2.45) is 0 Å². The van der Waals surface area contributed by atoms with E-state index < -0.39 is 6.04 Å². The molecule has 0 fully saturated rings. The minimum Gasteiger partial charge on any atom is -0.375 e. The average Bonchev–Trinajstić information content (AvgIpc) is 2.59. The Morgan fingerprint density at radius 3 is 2.31 bits per heavy atom. The molecule has 0 aliphatic carbocycles. The lowest BCUT2D eigenvalue weighted by Gasteiger charge is -2.16. The second-order valence-corrected chi connectivity index (χ2v) is 6.38. The fourth-order valence-corrected chi connectivity index (χ4v) is 2.58. The number of nitrogens with one attached hydrogen (secondary N) is 3. The molecule has 2 aromatic rings. The Morgan fingerprint density at radius 1 is 1.04 bits per heavy atom. The van der Waals surface area contributed by atoms with Crippen LogP contribution in [0.1, 0.15) is 6.92 Å². The van der Waals surface area contributed by atoms with Crippen molar-refractivity contribution in [1.29, 1.82) is 0 Å². The van der Waals surface area contributed by atoms with E-state index in [0.29, 0.717) is 21.4 Å². The molecule has 2 rings (SSSR count). The fraction of sp³-hybridized carbons (Fsp3) is 0.222. The van der Waals surface area contributed by atoms with Gasteiger partial charge in [-0.3, -0.25) is 9.59 Å². The quantitative estimate of drug-likeness (QED) is 0.661. The van der Waals surface area contributed by atoms with Crippen molar-refractivity contribution < 1.29 is 14.3 Å². The largest absolute Gasteiger partial charge is 0.375 e. The molecule has 26 heavy (non-hydrogen) atoms. The van der Waals surface area contributed by atoms with Gasteiger partial charge in [0.25, 0.3) is 0 Å². The standard InChI is InChI=1S/C18H19Cl2N3O3/c1-11(18(25)23-16-8-3-12(19)9-15(16)20)21-13-4-6-14(7-5-13)22-17(24)10-26-2/h3-9,11,21H,10H2,1-2H3,(H,22,24)(H,23,25). The van der Waals surface area contributed by atoms with Crippen molar-refractivity contribution in [2.45, 2.75) is 13.0 Å². The summed E-state index contributed by atoms with van der Waals surface area (Å²) < 4.78 is 4.76. The second-order valence-electron chi connectivity index (χ2n) is 5.54. The van der Waals surface area contributed by atoms with E-state index in [9.17, 15) is 9.59 Å². The van der Waals surface area contributed by atoms with E-state index in [1.807, 2.05) is 0 Å². The van der Waals surface area contributed by atoms with E-state index in [-0.39, 0.29) is 18.4 Å². The number of halogens is 2. The first-order valence-electron chi connectivity index (χ1n) is 7.80. The first kappa shape index (κ1) is 20.0. The van der Waals surface area contributed by atoms with Crippen molar-refractivity contribution in [3.63, 3.8) is 0 Å². The molecule has 1 unspecified atom stereocenters. The Balaban J connectivity index is 1.92. The van der Waals surface area contributed by atoms with E-state index in [2.05, 4.69) is 16.0 Å². The van der Waals surface area contributed by atoms with Gasteiger partial charge in [-0.15, -0.1) is 0 Å². The van der Waals surface area contributed by atoms with Crippen molar-refractivity contribution in [2.75, 3.05) is 29.7 Å². The summed E-state index contributed by atoms with van der Waals surface area (Å²) in [7, 11) is 1.45. The SMILES string of the molecule is COCC(=O)Nc1ccc(NC(C)C(=O)Nc2ccc(Cl)cc2Cl)cc1. The van der Waals surface area contributed by atoms with Gasteiger partial charge in [0, 0.05) is 23.5 Å². The van der Waals surface area contributed by atoms with Crippen LogP contribution in [-0.2, 0) is 14.3 Å². The van der Waals surface area contributed by atoms with Gasteiger partial charge in [0.15, 0.2) is 0 Å². The van der Waals surface area contributed by atoms with Gasteiger partial charge in [-0.2, -0.15) is 0 Å². The third-order valence-electron chi connectivity index (χ3n) is 3.41. The maximum absolute atomic E-state index is 12.3. The third-order valence-corrected chi connectivity index (χ3v) is 3.96. The Morgan fingerprint density at radius 2 is 1.69 bits per heavy atom. The van der Waals surface area contributed by atoms with Gasteiger partial charge in [-0.05, 0) is 49.4 Å². The van der Waals surface area contributed by atoms with Crippen LogP contribution in [0.15, 0.2) is 42.5 Å². The summed E-state index contributed by atoms with van der Waals surface area (Å²) in [4.78, 5) is 23.8. The molecule has 2 aromatic carbocycles. The lowest BCUT2D eigenvalue weighted by atomic mass is 10.2. The summed E-state index contributed by atoms with van der Waals surface area (Å²) in [6, 6.07) is 11.4. The van der Waals surface area contributed by atoms with Crippen molar-refractivity contribution >= 4 is 52.1 Å². The molecule has 1 atom stereocenters. The minimum absolute atomic E-state index is 0.00946. The number of anilines is 3. The van der Waals surface area contributed by atoms with Crippen LogP contribution in [0, 0.1) is 0 Å². The molecule has 0 spiro atoms. The average molecular weight is 396 g/mol. The molecule has 0 bridgehead atoms. The number of rotatable bonds is 7. The van der Waals surface area contributed by atoms with Crippen LogP contribution in [0.4, 0.5) is 17.1 Å². The number of amides is 2. The molecular weight excluding hydrogens is 377 g/mol. The molecule has 0 aliphatic heterocycles. The van der Waals surface area contributed by atoms with Crippen molar-refractivity contribution in [3.05, 3.63) is 52.5 Å². The molecule has 0 saturated carbocycles. The van der Waals surface area contributed by atoms with Gasteiger partial charge in [0.05, 0.1) is 10.7 Å². The molecule has 0 saturated heterocycles. The third kappa shape index (κ3) is 5.91. The smallest absolute Gasteiger partial charge is 0.250 e.